The van der Waals surface area contributed by atoms with Crippen LogP contribution in [0.1, 0.15) is 15.3 Å². The van der Waals surface area contributed by atoms with Crippen LogP contribution >= 0.6 is 0 Å². The van der Waals surface area contributed by atoms with Crippen LogP contribution in [0.5, 0.6) is 0 Å². The molecule has 5 heavy (non-hydrogen) atoms. The number of ether oxygens (including phenoxy) is 1. The summed E-state index contributed by atoms with van der Waals surface area (Å²) in [7, 11) is 0. The first-order chi connectivity index (χ1) is 2.41. The van der Waals surface area contributed by atoms with Crippen molar-refractivity contribution in [2.75, 3.05) is 13.2 Å². The fourth-order valence-electron chi connectivity index (χ4n) is 0.204. The maximum absolute atomic E-state index is 4.83. The Morgan fingerprint density at radius 3 is 1.80 bits per heavy atom. The highest BCUT2D eigenvalue weighted by Gasteiger charge is 1.64. The topological polar surface area (TPSA) is 9.23 Å². The van der Waals surface area contributed by atoms with Crippen molar-refractivity contribution in [1.29, 1.82) is 0 Å². The average Bonchev–Trinajstić information content (AvgIpc) is 1.41. The minimum Gasteiger partial charge on any atom is -1.00 e. The molecule has 0 saturated heterocycles. The van der Waals surface area contributed by atoms with E-state index in [0.717, 1.165) is 13.2 Å². The minimum absolute atomic E-state index is 0. The molecule has 0 atom stereocenters. The van der Waals surface area contributed by atoms with Crippen molar-refractivity contribution < 1.29 is 6.16 Å². The SMILES string of the molecule is CCOCC.[H-]. The summed E-state index contributed by atoms with van der Waals surface area (Å²) in [5, 5.41) is 0. The molecule has 0 unspecified atom stereocenters. The predicted molar refractivity (Wildman–Crippen MR) is 23.3 cm³/mol. The van der Waals surface area contributed by atoms with Gasteiger partial charge >= 0.3 is 0 Å². The zero-order valence-corrected chi connectivity index (χ0v) is 3.82. The fraction of sp³-hybridized carbons (Fsp3) is 1.00. The molecule has 0 bridgehead atoms. The second-order valence-electron chi connectivity index (χ2n) is 0.781. The summed E-state index contributed by atoms with van der Waals surface area (Å²) >= 11 is 0. The molecule has 0 saturated carbocycles. The molecule has 0 aromatic heterocycles. The third kappa shape index (κ3) is 3.96. The van der Waals surface area contributed by atoms with Gasteiger partial charge in [-0.05, 0) is 13.8 Å². The molecule has 0 amide bonds. The summed E-state index contributed by atoms with van der Waals surface area (Å²) in [5.74, 6) is 0. The summed E-state index contributed by atoms with van der Waals surface area (Å²) in [6.45, 7) is 5.67. The van der Waals surface area contributed by atoms with Crippen molar-refractivity contribution in [2.45, 2.75) is 13.8 Å². The van der Waals surface area contributed by atoms with Gasteiger partial charge in [-0.2, -0.15) is 0 Å². The van der Waals surface area contributed by atoms with E-state index in [1.165, 1.54) is 0 Å². The average molecular weight is 75.1 g/mol. The van der Waals surface area contributed by atoms with E-state index >= 15 is 0 Å². The molecule has 0 aliphatic rings. The lowest BCUT2D eigenvalue weighted by Crippen LogP contribution is -1.84. The molecule has 0 aromatic rings. The van der Waals surface area contributed by atoms with E-state index in [2.05, 4.69) is 0 Å². The lowest BCUT2D eigenvalue weighted by Gasteiger charge is -1.86. The monoisotopic (exact) mass is 75.1 g/mol. The van der Waals surface area contributed by atoms with Crippen LogP contribution in [0.3, 0.4) is 0 Å². The highest BCUT2D eigenvalue weighted by molar-refractivity contribution is 4.07. The molecular weight excluding hydrogens is 64.0 g/mol. The van der Waals surface area contributed by atoms with Gasteiger partial charge in [-0.1, -0.05) is 0 Å². The summed E-state index contributed by atoms with van der Waals surface area (Å²) in [6, 6.07) is 0. The smallest absolute Gasteiger partial charge is 0.0437 e. The molecule has 1 nitrogen and oxygen atoms in total. The Morgan fingerprint density at radius 2 is 1.80 bits per heavy atom. The summed E-state index contributed by atoms with van der Waals surface area (Å²) in [6.07, 6.45) is 0. The lowest BCUT2D eigenvalue weighted by molar-refractivity contribution is 0.162. The highest BCUT2D eigenvalue weighted by Crippen LogP contribution is 1.64. The van der Waals surface area contributed by atoms with E-state index < -0.39 is 0 Å². The quantitative estimate of drug-likeness (QED) is 0.478. The summed E-state index contributed by atoms with van der Waals surface area (Å²) in [5.41, 5.74) is 0. The van der Waals surface area contributed by atoms with Crippen LogP contribution in [-0.4, -0.2) is 13.2 Å². The highest BCUT2D eigenvalue weighted by atomic mass is 16.5. The molecule has 34 valence electrons. The van der Waals surface area contributed by atoms with E-state index in [1.54, 1.807) is 0 Å². The van der Waals surface area contributed by atoms with Gasteiger partial charge in [-0.15, -0.1) is 0 Å². The van der Waals surface area contributed by atoms with Gasteiger partial charge in [0.15, 0.2) is 0 Å². The Kier molecular flexibility index (Phi) is 3.93. The third-order valence-electron chi connectivity index (χ3n) is 0.408. The van der Waals surface area contributed by atoms with Crippen LogP contribution in [0.2, 0.25) is 0 Å². The largest absolute Gasteiger partial charge is 1.00 e. The molecule has 0 radical (unpaired) electrons. The molecule has 0 aromatic carbocycles. The van der Waals surface area contributed by atoms with Gasteiger partial charge in [0.05, 0.1) is 0 Å². The first-order valence-corrected chi connectivity index (χ1v) is 1.99. The molecule has 0 aliphatic carbocycles. The van der Waals surface area contributed by atoms with Crippen molar-refractivity contribution in [3.05, 3.63) is 0 Å². The number of hydrogen-bond acceptors (Lipinski definition) is 1. The van der Waals surface area contributed by atoms with Crippen LogP contribution in [0.15, 0.2) is 0 Å². The summed E-state index contributed by atoms with van der Waals surface area (Å²) in [4.78, 5) is 0. The van der Waals surface area contributed by atoms with E-state index in [1.807, 2.05) is 13.8 Å². The maximum atomic E-state index is 4.83. The van der Waals surface area contributed by atoms with Crippen molar-refractivity contribution >= 4 is 0 Å². The Morgan fingerprint density at radius 1 is 1.40 bits per heavy atom. The molecule has 0 spiro atoms. The molecule has 0 fully saturated rings. The second kappa shape index (κ2) is 3.96. The first-order valence-electron chi connectivity index (χ1n) is 1.99. The first kappa shape index (κ1) is 4.96. The van der Waals surface area contributed by atoms with Crippen LogP contribution in [0, 0.1) is 0 Å². The zero-order valence-electron chi connectivity index (χ0n) is 4.82. The van der Waals surface area contributed by atoms with Crippen molar-refractivity contribution in [1.82, 2.24) is 0 Å². The minimum atomic E-state index is 0. The van der Waals surface area contributed by atoms with Crippen molar-refractivity contribution in [3.63, 3.8) is 0 Å². The second-order valence-corrected chi connectivity index (χ2v) is 0.781. The predicted octanol–water partition coefficient (Wildman–Crippen LogP) is 1.16. The van der Waals surface area contributed by atoms with Gasteiger partial charge in [0.1, 0.15) is 0 Å². The summed E-state index contributed by atoms with van der Waals surface area (Å²) < 4.78 is 4.83. The molecule has 1 heteroatoms. The maximum Gasteiger partial charge on any atom is 0.0437 e. The zero-order chi connectivity index (χ0) is 4.12. The van der Waals surface area contributed by atoms with E-state index in [9.17, 15) is 0 Å². The van der Waals surface area contributed by atoms with E-state index in [-0.39, 0.29) is 1.43 Å². The third-order valence-corrected chi connectivity index (χ3v) is 0.408. The molecule has 0 N–H and O–H groups in total. The van der Waals surface area contributed by atoms with Gasteiger partial charge in [0.25, 0.3) is 0 Å². The standard InChI is InChI=1S/C4H10O.H/c1-3-5-4-2;/h3-4H2,1-2H3;/q;-1. The molecule has 0 aliphatic heterocycles. The van der Waals surface area contributed by atoms with Crippen LogP contribution < -0.4 is 0 Å². The van der Waals surface area contributed by atoms with Gasteiger partial charge in [0.2, 0.25) is 0 Å². The van der Waals surface area contributed by atoms with E-state index in [4.69, 9.17) is 4.74 Å². The number of rotatable bonds is 2. The Hall–Kier alpha value is -0.0400. The fourth-order valence-corrected chi connectivity index (χ4v) is 0.204. The Bertz CT molecular complexity index is 15.0. The van der Waals surface area contributed by atoms with Gasteiger partial charge in [-0.25, -0.2) is 0 Å². The van der Waals surface area contributed by atoms with Crippen LogP contribution in [0.4, 0.5) is 0 Å². The van der Waals surface area contributed by atoms with Gasteiger partial charge < -0.3 is 6.16 Å². The Labute approximate surface area is 34.4 Å². The van der Waals surface area contributed by atoms with E-state index in [0.29, 0.717) is 0 Å². The normalized spacial score (nSPS) is 8.40. The van der Waals surface area contributed by atoms with Crippen LogP contribution in [0.25, 0.3) is 0 Å². The molecule has 0 heterocycles. The number of hydrogen-bond donors (Lipinski definition) is 0. The van der Waals surface area contributed by atoms with Crippen LogP contribution in [-0.2, 0) is 4.74 Å². The van der Waals surface area contributed by atoms with Gasteiger partial charge in [0, 0.05) is 13.2 Å². The Balaban J connectivity index is 0. The lowest BCUT2D eigenvalue weighted by atomic mass is 10.8. The van der Waals surface area contributed by atoms with Crippen molar-refractivity contribution in [3.8, 4) is 0 Å². The molecular formula is C4H11O-. The molecule has 0 rings (SSSR count). The van der Waals surface area contributed by atoms with Gasteiger partial charge in [-0.3, -0.25) is 0 Å². The van der Waals surface area contributed by atoms with Crippen molar-refractivity contribution in [2.24, 2.45) is 0 Å².